The number of benzene rings is 1. The predicted molar refractivity (Wildman–Crippen MR) is 132 cm³/mol. The Hall–Kier alpha value is -3.16. The summed E-state index contributed by atoms with van der Waals surface area (Å²) in [6, 6.07) is 12.5. The van der Waals surface area contributed by atoms with Crippen LogP contribution in [0.25, 0.3) is 27.9 Å². The van der Waals surface area contributed by atoms with E-state index in [1.54, 1.807) is 7.11 Å². The second kappa shape index (κ2) is 8.65. The zero-order chi connectivity index (χ0) is 23.0. The number of nitrogens with two attached hydrogens (primary N) is 1. The number of methoxy groups -OCH3 is 1. The van der Waals surface area contributed by atoms with E-state index in [9.17, 15) is 0 Å². The fourth-order valence-corrected chi connectivity index (χ4v) is 4.53. The molecule has 0 unspecified atom stereocenters. The number of aryl methyl sites for hydroxylation is 1. The molecule has 1 aliphatic rings. The second-order valence-corrected chi connectivity index (χ2v) is 9.21. The van der Waals surface area contributed by atoms with Crippen LogP contribution in [0.5, 0.6) is 5.75 Å². The average Bonchev–Trinajstić information content (AvgIpc) is 3.22. The highest BCUT2D eigenvalue weighted by molar-refractivity contribution is 5.94. The minimum absolute atomic E-state index is 0.0851. The lowest BCUT2D eigenvalue weighted by atomic mass is 9.90. The zero-order valence-corrected chi connectivity index (χ0v) is 19.5. The van der Waals surface area contributed by atoms with Crippen molar-refractivity contribution in [2.24, 2.45) is 5.73 Å². The van der Waals surface area contributed by atoms with Crippen LogP contribution in [0.1, 0.15) is 25.3 Å². The highest BCUT2D eigenvalue weighted by Crippen LogP contribution is 2.33. The molecule has 2 N–H and O–H groups in total. The maximum Gasteiger partial charge on any atom is 0.140 e. The number of pyridine rings is 2. The summed E-state index contributed by atoms with van der Waals surface area (Å²) in [4.78, 5) is 12.2. The number of hydrogen-bond acceptors (Lipinski definition) is 6. The van der Waals surface area contributed by atoms with Crippen LogP contribution >= 0.6 is 0 Å². The Bertz CT molecular complexity index is 1290. The lowest BCUT2D eigenvalue weighted by Crippen LogP contribution is -2.48. The maximum atomic E-state index is 6.37. The van der Waals surface area contributed by atoms with Crippen molar-refractivity contribution in [2.75, 3.05) is 38.3 Å². The van der Waals surface area contributed by atoms with Crippen LogP contribution in [0.4, 0.5) is 5.69 Å². The molecule has 0 bridgehead atoms. The van der Waals surface area contributed by atoms with Gasteiger partial charge in [0.05, 0.1) is 35.4 Å². The number of imidazole rings is 1. The summed E-state index contributed by atoms with van der Waals surface area (Å²) < 4.78 is 12.9. The molecule has 33 heavy (non-hydrogen) atoms. The number of nitrogens with zero attached hydrogens (tertiary/aromatic N) is 4. The van der Waals surface area contributed by atoms with Crippen LogP contribution in [0.2, 0.25) is 0 Å². The highest BCUT2D eigenvalue weighted by atomic mass is 16.5. The van der Waals surface area contributed by atoms with Crippen LogP contribution in [0, 0.1) is 6.92 Å². The van der Waals surface area contributed by atoms with E-state index < -0.39 is 0 Å². The summed E-state index contributed by atoms with van der Waals surface area (Å²) in [6.45, 7) is 7.24. The molecule has 1 aliphatic heterocycles. The van der Waals surface area contributed by atoms with Gasteiger partial charge in [0.25, 0.3) is 0 Å². The first-order valence-electron chi connectivity index (χ1n) is 11.5. The standard InChI is InChI=1S/C26H31N5O2/c1-18-15-21(23-17-28-24-16-19(7-10-31(23)24)33-14-13-32-3)29-25-20(18)5-4-6-22(25)30-11-8-26(2,27)9-12-30/h4-7,10,15-17H,8-9,11-14,27H2,1-3H3. The van der Waals surface area contributed by atoms with Gasteiger partial charge in [0.1, 0.15) is 18.0 Å². The fourth-order valence-electron chi connectivity index (χ4n) is 4.53. The van der Waals surface area contributed by atoms with Crippen molar-refractivity contribution in [1.82, 2.24) is 14.4 Å². The summed E-state index contributed by atoms with van der Waals surface area (Å²) in [5, 5.41) is 1.18. The van der Waals surface area contributed by atoms with Gasteiger partial charge in [-0.2, -0.15) is 0 Å². The minimum atomic E-state index is -0.0851. The molecular formula is C26H31N5O2. The SMILES string of the molecule is COCCOc1ccn2c(-c3cc(C)c4cccc(N5CCC(C)(N)CC5)c4n3)cnc2c1. The molecule has 0 atom stereocenters. The van der Waals surface area contributed by atoms with Gasteiger partial charge in [-0.15, -0.1) is 0 Å². The van der Waals surface area contributed by atoms with Crippen LogP contribution in [-0.2, 0) is 4.74 Å². The summed E-state index contributed by atoms with van der Waals surface area (Å²) in [5.41, 5.74) is 12.4. The van der Waals surface area contributed by atoms with Gasteiger partial charge in [-0.25, -0.2) is 9.97 Å². The van der Waals surface area contributed by atoms with E-state index in [-0.39, 0.29) is 5.54 Å². The first-order chi connectivity index (χ1) is 15.9. The third-order valence-electron chi connectivity index (χ3n) is 6.57. The van der Waals surface area contributed by atoms with Gasteiger partial charge in [0, 0.05) is 43.4 Å². The van der Waals surface area contributed by atoms with E-state index in [2.05, 4.69) is 52.4 Å². The molecule has 0 amide bonds. The Labute approximate surface area is 194 Å². The van der Waals surface area contributed by atoms with Crippen LogP contribution in [0.15, 0.2) is 48.8 Å². The average molecular weight is 446 g/mol. The Balaban J connectivity index is 1.53. The van der Waals surface area contributed by atoms with Gasteiger partial charge in [-0.05, 0) is 50.5 Å². The lowest BCUT2D eigenvalue weighted by Gasteiger charge is -2.38. The first-order valence-corrected chi connectivity index (χ1v) is 11.5. The van der Waals surface area contributed by atoms with E-state index >= 15 is 0 Å². The molecule has 0 aliphatic carbocycles. The molecule has 3 aromatic heterocycles. The number of aromatic nitrogens is 3. The number of piperidine rings is 1. The van der Waals surface area contributed by atoms with E-state index in [1.165, 1.54) is 16.6 Å². The Morgan fingerprint density at radius 1 is 1.12 bits per heavy atom. The third kappa shape index (κ3) is 4.26. The molecular weight excluding hydrogens is 414 g/mol. The maximum absolute atomic E-state index is 6.37. The Kier molecular flexibility index (Phi) is 5.68. The van der Waals surface area contributed by atoms with Gasteiger partial charge in [-0.1, -0.05) is 12.1 Å². The molecule has 0 spiro atoms. The zero-order valence-electron chi connectivity index (χ0n) is 19.5. The smallest absolute Gasteiger partial charge is 0.140 e. The largest absolute Gasteiger partial charge is 0.491 e. The molecule has 4 aromatic rings. The lowest BCUT2D eigenvalue weighted by molar-refractivity contribution is 0.146. The Morgan fingerprint density at radius 2 is 1.94 bits per heavy atom. The van der Waals surface area contributed by atoms with Gasteiger partial charge in [0.15, 0.2) is 0 Å². The molecule has 0 radical (unpaired) electrons. The number of fused-ring (bicyclic) bond motifs is 2. The molecule has 172 valence electrons. The molecule has 7 heteroatoms. The molecule has 5 rings (SSSR count). The van der Waals surface area contributed by atoms with Crippen molar-refractivity contribution in [3.8, 4) is 17.1 Å². The molecule has 4 heterocycles. The number of ether oxygens (including phenoxy) is 2. The van der Waals surface area contributed by atoms with Crippen molar-refractivity contribution >= 4 is 22.2 Å². The van der Waals surface area contributed by atoms with Crippen molar-refractivity contribution in [3.63, 3.8) is 0 Å². The van der Waals surface area contributed by atoms with Gasteiger partial charge in [-0.3, -0.25) is 4.40 Å². The molecule has 1 fully saturated rings. The first kappa shape index (κ1) is 21.7. The van der Waals surface area contributed by atoms with Crippen molar-refractivity contribution in [3.05, 3.63) is 54.4 Å². The van der Waals surface area contributed by atoms with E-state index in [4.69, 9.17) is 20.2 Å². The topological polar surface area (TPSA) is 77.9 Å². The van der Waals surface area contributed by atoms with Gasteiger partial charge < -0.3 is 20.1 Å². The molecule has 1 saturated heterocycles. The van der Waals surface area contributed by atoms with Gasteiger partial charge in [0.2, 0.25) is 0 Å². The van der Waals surface area contributed by atoms with Crippen LogP contribution in [0.3, 0.4) is 0 Å². The predicted octanol–water partition coefficient (Wildman–Crippen LogP) is 4.20. The second-order valence-electron chi connectivity index (χ2n) is 9.21. The van der Waals surface area contributed by atoms with Crippen LogP contribution in [-0.4, -0.2) is 53.3 Å². The minimum Gasteiger partial charge on any atom is -0.491 e. The quantitative estimate of drug-likeness (QED) is 0.448. The summed E-state index contributed by atoms with van der Waals surface area (Å²) >= 11 is 0. The van der Waals surface area contributed by atoms with E-state index in [1.807, 2.05) is 24.5 Å². The number of anilines is 1. The normalized spacial score (nSPS) is 15.9. The molecule has 0 saturated carbocycles. The molecule has 7 nitrogen and oxygen atoms in total. The molecule has 1 aromatic carbocycles. The van der Waals surface area contributed by atoms with E-state index in [0.717, 1.165) is 54.2 Å². The number of para-hydroxylation sites is 1. The highest BCUT2D eigenvalue weighted by Gasteiger charge is 2.27. The summed E-state index contributed by atoms with van der Waals surface area (Å²) in [6.07, 6.45) is 5.82. The van der Waals surface area contributed by atoms with Crippen molar-refractivity contribution in [2.45, 2.75) is 32.2 Å². The summed E-state index contributed by atoms with van der Waals surface area (Å²) in [5.74, 6) is 0.777. The summed E-state index contributed by atoms with van der Waals surface area (Å²) in [7, 11) is 1.66. The van der Waals surface area contributed by atoms with Gasteiger partial charge >= 0.3 is 0 Å². The fraction of sp³-hybridized carbons (Fsp3) is 0.385. The Morgan fingerprint density at radius 3 is 2.73 bits per heavy atom. The van der Waals surface area contributed by atoms with Crippen molar-refractivity contribution < 1.29 is 9.47 Å². The number of rotatable bonds is 6. The number of hydrogen-bond donors (Lipinski definition) is 1. The van der Waals surface area contributed by atoms with Crippen LogP contribution < -0.4 is 15.4 Å². The third-order valence-corrected chi connectivity index (χ3v) is 6.57. The van der Waals surface area contributed by atoms with E-state index in [0.29, 0.717) is 13.2 Å². The monoisotopic (exact) mass is 445 g/mol. The van der Waals surface area contributed by atoms with Crippen molar-refractivity contribution in [1.29, 1.82) is 0 Å².